The van der Waals surface area contributed by atoms with Crippen LogP contribution in [0.4, 0.5) is 23.8 Å². The number of hydrogen-bond donors (Lipinski definition) is 1. The summed E-state index contributed by atoms with van der Waals surface area (Å²) in [5.41, 5.74) is -0.826. The van der Waals surface area contributed by atoms with Crippen molar-refractivity contribution in [2.75, 3.05) is 18.4 Å². The lowest BCUT2D eigenvalue weighted by atomic mass is 9.93. The molecule has 2 aliphatic heterocycles. The Hall–Kier alpha value is -3.04. The van der Waals surface area contributed by atoms with Crippen LogP contribution >= 0.6 is 0 Å². The van der Waals surface area contributed by atoms with Crippen LogP contribution in [0, 0.1) is 0 Å². The molecule has 7 nitrogen and oxygen atoms in total. The molecule has 0 aliphatic carbocycles. The monoisotopic (exact) mass is 436 g/mol. The molecule has 2 unspecified atom stereocenters. The van der Waals surface area contributed by atoms with Crippen LogP contribution < -0.4 is 5.32 Å². The maximum absolute atomic E-state index is 12.8. The molecular weight excluding hydrogens is 413 g/mol. The van der Waals surface area contributed by atoms with E-state index < -0.39 is 11.7 Å². The van der Waals surface area contributed by atoms with Gasteiger partial charge in [-0.15, -0.1) is 0 Å². The number of piperazine rings is 1. The van der Waals surface area contributed by atoms with Gasteiger partial charge < -0.3 is 14.3 Å². The number of likely N-dealkylation sites (tertiary alicyclic amines) is 2. The van der Waals surface area contributed by atoms with Gasteiger partial charge in [0.2, 0.25) is 0 Å². The predicted molar refractivity (Wildman–Crippen MR) is 106 cm³/mol. The molecule has 2 saturated heterocycles. The van der Waals surface area contributed by atoms with Gasteiger partial charge in [0.1, 0.15) is 5.76 Å². The fourth-order valence-corrected chi connectivity index (χ4v) is 4.00. The lowest BCUT2D eigenvalue weighted by Gasteiger charge is -2.34. The Kier molecular flexibility index (Phi) is 4.98. The van der Waals surface area contributed by atoms with E-state index in [-0.39, 0.29) is 35.0 Å². The Morgan fingerprint density at radius 1 is 1.06 bits per heavy atom. The number of rotatable bonds is 2. The molecule has 2 fully saturated rings. The molecule has 0 radical (unpaired) electrons. The molecule has 31 heavy (non-hydrogen) atoms. The van der Waals surface area contributed by atoms with Crippen molar-refractivity contribution < 1.29 is 27.3 Å². The SMILES string of the molecule is CC(C)(C)c1cc(NC(=O)N2CC3CC2CN3C(=O)c2ccc(C(F)(F)F)cc2)no1. The van der Waals surface area contributed by atoms with Crippen molar-refractivity contribution in [1.29, 1.82) is 0 Å². The van der Waals surface area contributed by atoms with Gasteiger partial charge in [0.05, 0.1) is 17.6 Å². The number of nitrogens with zero attached hydrogens (tertiary/aromatic N) is 3. The molecule has 2 atom stereocenters. The zero-order chi connectivity index (χ0) is 22.6. The van der Waals surface area contributed by atoms with E-state index in [1.165, 1.54) is 12.1 Å². The number of fused-ring (bicyclic) bond motifs is 2. The zero-order valence-electron chi connectivity index (χ0n) is 17.4. The molecule has 0 saturated carbocycles. The Labute approximate surface area is 177 Å². The van der Waals surface area contributed by atoms with E-state index in [0.29, 0.717) is 31.1 Å². The van der Waals surface area contributed by atoms with E-state index in [2.05, 4.69) is 10.5 Å². The van der Waals surface area contributed by atoms with Gasteiger partial charge in [0, 0.05) is 30.1 Å². The van der Waals surface area contributed by atoms with Crippen molar-refractivity contribution in [3.8, 4) is 0 Å². The van der Waals surface area contributed by atoms with E-state index >= 15 is 0 Å². The Morgan fingerprint density at radius 3 is 2.19 bits per heavy atom. The molecule has 2 bridgehead atoms. The first-order valence-electron chi connectivity index (χ1n) is 9.96. The predicted octanol–water partition coefficient (Wildman–Crippen LogP) is 4.12. The van der Waals surface area contributed by atoms with Gasteiger partial charge in [0.15, 0.2) is 5.82 Å². The minimum atomic E-state index is -4.44. The summed E-state index contributed by atoms with van der Waals surface area (Å²) in [6.45, 7) is 6.61. The van der Waals surface area contributed by atoms with Crippen molar-refractivity contribution in [2.45, 2.75) is 50.9 Å². The molecule has 4 rings (SSSR count). The van der Waals surface area contributed by atoms with E-state index in [9.17, 15) is 22.8 Å². The number of hydrogen-bond acceptors (Lipinski definition) is 4. The highest BCUT2D eigenvalue weighted by atomic mass is 19.4. The third kappa shape index (κ3) is 4.11. The summed E-state index contributed by atoms with van der Waals surface area (Å²) in [6.07, 6.45) is -3.81. The quantitative estimate of drug-likeness (QED) is 0.768. The van der Waals surface area contributed by atoms with Crippen molar-refractivity contribution in [3.05, 3.63) is 47.2 Å². The van der Waals surface area contributed by atoms with Crippen LogP contribution in [0.3, 0.4) is 0 Å². The van der Waals surface area contributed by atoms with Crippen LogP contribution in [0.1, 0.15) is 48.9 Å². The Bertz CT molecular complexity index is 995. The highest BCUT2D eigenvalue weighted by Crippen LogP contribution is 2.34. The van der Waals surface area contributed by atoms with E-state index in [0.717, 1.165) is 12.1 Å². The molecule has 1 aromatic carbocycles. The number of aromatic nitrogens is 1. The molecule has 2 aromatic rings. The molecule has 3 amide bonds. The maximum atomic E-state index is 12.8. The molecule has 0 spiro atoms. The Morgan fingerprint density at radius 2 is 1.68 bits per heavy atom. The van der Waals surface area contributed by atoms with Gasteiger partial charge in [-0.25, -0.2) is 4.79 Å². The lowest BCUT2D eigenvalue weighted by Crippen LogP contribution is -2.51. The number of halogens is 3. The van der Waals surface area contributed by atoms with E-state index in [1.807, 2.05) is 20.8 Å². The minimum Gasteiger partial charge on any atom is -0.359 e. The lowest BCUT2D eigenvalue weighted by molar-refractivity contribution is -0.137. The van der Waals surface area contributed by atoms with E-state index in [4.69, 9.17) is 4.52 Å². The zero-order valence-corrected chi connectivity index (χ0v) is 17.4. The summed E-state index contributed by atoms with van der Waals surface area (Å²) in [7, 11) is 0. The van der Waals surface area contributed by atoms with Crippen LogP contribution in [-0.2, 0) is 11.6 Å². The number of nitrogens with one attached hydrogen (secondary N) is 1. The fraction of sp³-hybridized carbons (Fsp3) is 0.476. The van der Waals surface area contributed by atoms with Crippen LogP contribution in [0.15, 0.2) is 34.9 Å². The average Bonchev–Trinajstić information content (AvgIpc) is 3.41. The van der Waals surface area contributed by atoms with E-state index in [1.54, 1.807) is 15.9 Å². The number of urea groups is 1. The summed E-state index contributed by atoms with van der Waals surface area (Å²) in [6, 6.07) is 5.24. The van der Waals surface area contributed by atoms with Crippen LogP contribution in [0.2, 0.25) is 0 Å². The second-order valence-electron chi connectivity index (χ2n) is 8.98. The Balaban J connectivity index is 1.37. The van der Waals surface area contributed by atoms with Gasteiger partial charge in [-0.05, 0) is 30.7 Å². The number of carbonyl (C=O) groups excluding carboxylic acids is 2. The second-order valence-corrected chi connectivity index (χ2v) is 8.98. The summed E-state index contributed by atoms with van der Waals surface area (Å²) in [4.78, 5) is 28.7. The van der Waals surface area contributed by atoms with Crippen molar-refractivity contribution >= 4 is 17.8 Å². The van der Waals surface area contributed by atoms with Crippen LogP contribution in [0.25, 0.3) is 0 Å². The second kappa shape index (κ2) is 7.28. The molecule has 3 heterocycles. The third-order valence-electron chi connectivity index (χ3n) is 5.71. The average molecular weight is 436 g/mol. The topological polar surface area (TPSA) is 78.7 Å². The summed E-state index contributed by atoms with van der Waals surface area (Å²) in [5.74, 6) is 0.655. The molecule has 1 aromatic heterocycles. The summed E-state index contributed by atoms with van der Waals surface area (Å²) < 4.78 is 43.5. The maximum Gasteiger partial charge on any atom is 0.416 e. The number of amides is 3. The summed E-state index contributed by atoms with van der Waals surface area (Å²) in [5, 5.41) is 6.61. The molecular formula is C21H23F3N4O3. The smallest absolute Gasteiger partial charge is 0.359 e. The van der Waals surface area contributed by atoms with Crippen molar-refractivity contribution in [1.82, 2.24) is 15.0 Å². The van der Waals surface area contributed by atoms with Gasteiger partial charge in [-0.2, -0.15) is 13.2 Å². The number of anilines is 1. The molecule has 10 heteroatoms. The van der Waals surface area contributed by atoms with Crippen LogP contribution in [-0.4, -0.2) is 52.1 Å². The van der Waals surface area contributed by atoms with Crippen molar-refractivity contribution in [3.63, 3.8) is 0 Å². The highest BCUT2D eigenvalue weighted by molar-refractivity contribution is 5.95. The first-order chi connectivity index (χ1) is 14.4. The number of alkyl halides is 3. The molecule has 166 valence electrons. The molecule has 2 aliphatic rings. The largest absolute Gasteiger partial charge is 0.416 e. The van der Waals surface area contributed by atoms with Crippen molar-refractivity contribution in [2.24, 2.45) is 0 Å². The molecule has 1 N–H and O–H groups in total. The van der Waals surface area contributed by atoms with Crippen LogP contribution in [0.5, 0.6) is 0 Å². The number of carbonyl (C=O) groups is 2. The number of benzene rings is 1. The minimum absolute atomic E-state index is 0.155. The van der Waals surface area contributed by atoms with Gasteiger partial charge >= 0.3 is 12.2 Å². The fourth-order valence-electron chi connectivity index (χ4n) is 4.00. The summed E-state index contributed by atoms with van der Waals surface area (Å²) >= 11 is 0. The highest BCUT2D eigenvalue weighted by Gasteiger charge is 2.47. The van der Waals surface area contributed by atoms with Gasteiger partial charge in [0.25, 0.3) is 5.91 Å². The van der Waals surface area contributed by atoms with Gasteiger partial charge in [-0.3, -0.25) is 10.1 Å². The standard InChI is InChI=1S/C21H23F3N4O3/c1-20(2,3)16-9-17(26-31-16)25-19(30)28-11-14-8-15(28)10-27(14)18(29)12-4-6-13(7-5-12)21(22,23)24/h4-7,9,14-15H,8,10-11H2,1-3H3,(H,25,26,30). The first kappa shape index (κ1) is 21.2. The third-order valence-corrected chi connectivity index (χ3v) is 5.71. The normalized spacial score (nSPS) is 21.0. The van der Waals surface area contributed by atoms with Gasteiger partial charge in [-0.1, -0.05) is 25.9 Å². The first-order valence-corrected chi connectivity index (χ1v) is 9.96.